The van der Waals surface area contributed by atoms with E-state index in [1.807, 2.05) is 0 Å². The minimum atomic E-state index is -0.879. The van der Waals surface area contributed by atoms with Crippen LogP contribution in [0.5, 0.6) is 0 Å². The van der Waals surface area contributed by atoms with Crippen LogP contribution < -0.4 is 0 Å². The Bertz CT molecular complexity index is 468. The molecule has 0 amide bonds. The van der Waals surface area contributed by atoms with Gasteiger partial charge in [0.1, 0.15) is 0 Å². The molecule has 3 nitrogen and oxygen atoms in total. The van der Waals surface area contributed by atoms with Gasteiger partial charge in [0, 0.05) is 6.61 Å². The molecule has 3 heteroatoms. The molecular formula is C25H42O3. The quantitative estimate of drug-likeness (QED) is 0.228. The van der Waals surface area contributed by atoms with Crippen LogP contribution in [0.25, 0.3) is 0 Å². The highest BCUT2D eigenvalue weighted by atomic mass is 16.4. The highest BCUT2D eigenvalue weighted by Gasteiger charge is 1.96. The van der Waals surface area contributed by atoms with Crippen LogP contribution in [0.3, 0.4) is 0 Å². The summed E-state index contributed by atoms with van der Waals surface area (Å²) in [6.07, 6.45) is 23.2. The zero-order valence-electron chi connectivity index (χ0n) is 18.0. The number of carbonyl (C=O) groups is 1. The summed E-state index contributed by atoms with van der Waals surface area (Å²) in [6, 6.07) is 8.30. The summed E-state index contributed by atoms with van der Waals surface area (Å²) in [5.41, 5.74) is 0.331. The van der Waals surface area contributed by atoms with Crippen molar-refractivity contribution in [3.63, 3.8) is 0 Å². The van der Waals surface area contributed by atoms with Gasteiger partial charge in [-0.3, -0.25) is 0 Å². The molecule has 1 rings (SSSR count). The fraction of sp³-hybridized carbons (Fsp3) is 0.640. The molecule has 0 aliphatic rings. The number of hydrogen-bond acceptors (Lipinski definition) is 2. The molecule has 0 aliphatic heterocycles. The molecule has 0 heterocycles. The Balaban J connectivity index is 0.000000668. The first-order chi connectivity index (χ1) is 13.7. The number of aromatic carboxylic acids is 1. The van der Waals surface area contributed by atoms with Crippen molar-refractivity contribution in [1.82, 2.24) is 0 Å². The lowest BCUT2D eigenvalue weighted by molar-refractivity contribution is 0.0697. The maximum absolute atomic E-state index is 10.2. The van der Waals surface area contributed by atoms with Crippen molar-refractivity contribution in [2.45, 2.75) is 96.8 Å². The van der Waals surface area contributed by atoms with Crippen LogP contribution in [0.4, 0.5) is 0 Å². The molecule has 0 unspecified atom stereocenters. The molecule has 0 spiro atoms. The summed E-state index contributed by atoms with van der Waals surface area (Å²) in [4.78, 5) is 10.2. The fourth-order valence-electron chi connectivity index (χ4n) is 2.94. The molecule has 0 atom stereocenters. The summed E-state index contributed by atoms with van der Waals surface area (Å²) >= 11 is 0. The Morgan fingerprint density at radius 3 is 1.64 bits per heavy atom. The molecular weight excluding hydrogens is 348 g/mol. The Labute approximate surface area is 172 Å². The maximum atomic E-state index is 10.2. The van der Waals surface area contributed by atoms with E-state index in [9.17, 15) is 4.79 Å². The minimum absolute atomic E-state index is 0.331. The van der Waals surface area contributed by atoms with Crippen molar-refractivity contribution < 1.29 is 15.0 Å². The van der Waals surface area contributed by atoms with E-state index in [4.69, 9.17) is 10.2 Å². The third kappa shape index (κ3) is 19.2. The monoisotopic (exact) mass is 390 g/mol. The number of benzene rings is 1. The lowest BCUT2D eigenvalue weighted by atomic mass is 10.1. The van der Waals surface area contributed by atoms with Crippen LogP contribution in [0.2, 0.25) is 0 Å². The van der Waals surface area contributed by atoms with Crippen LogP contribution in [-0.2, 0) is 0 Å². The van der Waals surface area contributed by atoms with E-state index in [1.54, 1.807) is 30.3 Å². The topological polar surface area (TPSA) is 57.5 Å². The Morgan fingerprint density at radius 1 is 0.750 bits per heavy atom. The van der Waals surface area contributed by atoms with Crippen molar-refractivity contribution in [2.24, 2.45) is 0 Å². The number of aliphatic hydroxyl groups is 1. The Hall–Kier alpha value is -1.61. The Morgan fingerprint density at radius 2 is 1.21 bits per heavy atom. The lowest BCUT2D eigenvalue weighted by Gasteiger charge is -1.99. The first-order valence-electron chi connectivity index (χ1n) is 11.3. The van der Waals surface area contributed by atoms with Gasteiger partial charge < -0.3 is 10.2 Å². The minimum Gasteiger partial charge on any atom is -0.478 e. The molecule has 0 fully saturated rings. The van der Waals surface area contributed by atoms with Gasteiger partial charge in [-0.1, -0.05) is 95.1 Å². The van der Waals surface area contributed by atoms with Crippen molar-refractivity contribution in [2.75, 3.05) is 6.61 Å². The number of unbranched alkanes of at least 4 members (excludes halogenated alkanes) is 12. The molecule has 0 aromatic heterocycles. The van der Waals surface area contributed by atoms with Gasteiger partial charge in [-0.15, -0.1) is 0 Å². The predicted molar refractivity (Wildman–Crippen MR) is 120 cm³/mol. The third-order valence-electron chi connectivity index (χ3n) is 4.69. The SMILES string of the molecule is CCCCCCCCC=CCCCCCCCCO.O=C(O)c1ccccc1. The van der Waals surface area contributed by atoms with Gasteiger partial charge in [0.05, 0.1) is 5.56 Å². The molecule has 1 aromatic rings. The summed E-state index contributed by atoms with van der Waals surface area (Å²) in [7, 11) is 0. The van der Waals surface area contributed by atoms with Crippen molar-refractivity contribution in [3.05, 3.63) is 48.0 Å². The number of rotatable bonds is 16. The average molecular weight is 391 g/mol. The lowest BCUT2D eigenvalue weighted by Crippen LogP contribution is -1.93. The van der Waals surface area contributed by atoms with E-state index >= 15 is 0 Å². The van der Waals surface area contributed by atoms with Crippen LogP contribution in [0, 0.1) is 0 Å². The molecule has 0 radical (unpaired) electrons. The number of allylic oxidation sites excluding steroid dienone is 2. The van der Waals surface area contributed by atoms with Gasteiger partial charge >= 0.3 is 5.97 Å². The van der Waals surface area contributed by atoms with Crippen molar-refractivity contribution in [3.8, 4) is 0 Å². The summed E-state index contributed by atoms with van der Waals surface area (Å²) < 4.78 is 0. The standard InChI is InChI=1S/C18H36O.C7H6O2/c1-2-3-4-5-6-7-8-9-10-11-12-13-14-15-16-17-18-19;8-7(9)6-4-2-1-3-5-6/h9-10,19H,2-8,11-18H2,1H3;1-5H,(H,8,9). The zero-order valence-corrected chi connectivity index (χ0v) is 18.0. The molecule has 2 N–H and O–H groups in total. The highest BCUT2D eigenvalue weighted by Crippen LogP contribution is 2.09. The van der Waals surface area contributed by atoms with Gasteiger partial charge in [0.2, 0.25) is 0 Å². The molecule has 0 saturated heterocycles. The molecule has 0 bridgehead atoms. The summed E-state index contributed by atoms with van der Waals surface area (Å²) in [5, 5.41) is 17.0. The highest BCUT2D eigenvalue weighted by molar-refractivity contribution is 5.87. The number of carboxylic acid groups (broad SMARTS) is 1. The molecule has 0 saturated carbocycles. The van der Waals surface area contributed by atoms with Gasteiger partial charge in [-0.2, -0.15) is 0 Å². The molecule has 1 aromatic carbocycles. The second-order valence-electron chi connectivity index (χ2n) is 7.33. The van der Waals surface area contributed by atoms with Gasteiger partial charge in [0.15, 0.2) is 0 Å². The summed E-state index contributed by atoms with van der Waals surface area (Å²) in [6.45, 7) is 2.64. The molecule has 160 valence electrons. The first-order valence-corrected chi connectivity index (χ1v) is 11.3. The predicted octanol–water partition coefficient (Wildman–Crippen LogP) is 7.40. The number of aliphatic hydroxyl groups excluding tert-OH is 1. The third-order valence-corrected chi connectivity index (χ3v) is 4.69. The van der Waals surface area contributed by atoms with Crippen LogP contribution >= 0.6 is 0 Å². The van der Waals surface area contributed by atoms with E-state index in [1.165, 1.54) is 83.5 Å². The fourth-order valence-corrected chi connectivity index (χ4v) is 2.94. The Kier molecular flexibility index (Phi) is 20.4. The average Bonchev–Trinajstić information content (AvgIpc) is 2.72. The van der Waals surface area contributed by atoms with E-state index in [-0.39, 0.29) is 0 Å². The smallest absolute Gasteiger partial charge is 0.335 e. The van der Waals surface area contributed by atoms with Gasteiger partial charge in [-0.05, 0) is 44.2 Å². The normalized spacial score (nSPS) is 10.6. The van der Waals surface area contributed by atoms with E-state index < -0.39 is 5.97 Å². The summed E-state index contributed by atoms with van der Waals surface area (Å²) in [5.74, 6) is -0.879. The van der Waals surface area contributed by atoms with Crippen molar-refractivity contribution in [1.29, 1.82) is 0 Å². The largest absolute Gasteiger partial charge is 0.478 e. The second-order valence-corrected chi connectivity index (χ2v) is 7.33. The van der Waals surface area contributed by atoms with Crippen molar-refractivity contribution >= 4 is 5.97 Å². The zero-order chi connectivity index (χ0) is 20.7. The van der Waals surface area contributed by atoms with E-state index in [2.05, 4.69) is 19.1 Å². The second kappa shape index (κ2) is 21.7. The first kappa shape index (κ1) is 26.4. The van der Waals surface area contributed by atoms with E-state index in [0.29, 0.717) is 12.2 Å². The van der Waals surface area contributed by atoms with Crippen LogP contribution in [0.1, 0.15) is 107 Å². The van der Waals surface area contributed by atoms with E-state index in [0.717, 1.165) is 6.42 Å². The molecule has 0 aliphatic carbocycles. The number of carboxylic acids is 1. The molecule has 28 heavy (non-hydrogen) atoms. The maximum Gasteiger partial charge on any atom is 0.335 e. The number of hydrogen-bond donors (Lipinski definition) is 2. The van der Waals surface area contributed by atoms with Gasteiger partial charge in [0.25, 0.3) is 0 Å². The van der Waals surface area contributed by atoms with Crippen LogP contribution in [-0.4, -0.2) is 22.8 Å². The van der Waals surface area contributed by atoms with Gasteiger partial charge in [-0.25, -0.2) is 4.79 Å². The van der Waals surface area contributed by atoms with Crippen LogP contribution in [0.15, 0.2) is 42.5 Å².